The molecule has 0 atom stereocenters. The molecule has 2 aromatic rings. The molecule has 1 aliphatic carbocycles. The summed E-state index contributed by atoms with van der Waals surface area (Å²) in [6.07, 6.45) is 7.37. The lowest BCUT2D eigenvalue weighted by molar-refractivity contribution is -0.132. The number of pyridine rings is 1. The van der Waals surface area contributed by atoms with Gasteiger partial charge in [0.1, 0.15) is 0 Å². The molecule has 0 bridgehead atoms. The highest BCUT2D eigenvalue weighted by atomic mass is 35.5. The van der Waals surface area contributed by atoms with E-state index < -0.39 is 0 Å². The van der Waals surface area contributed by atoms with E-state index in [1.807, 2.05) is 30.3 Å². The first-order chi connectivity index (χ1) is 18.4. The van der Waals surface area contributed by atoms with Crippen molar-refractivity contribution in [3.63, 3.8) is 0 Å². The maximum Gasteiger partial charge on any atom is 0.253 e. The summed E-state index contributed by atoms with van der Waals surface area (Å²) in [5.74, 6) is 1.47. The molecular weight excluding hydrogens is 500 g/mol. The van der Waals surface area contributed by atoms with Crippen molar-refractivity contribution in [3.8, 4) is 0 Å². The molecule has 0 unspecified atom stereocenters. The predicted molar refractivity (Wildman–Crippen MR) is 152 cm³/mol. The number of hydrogen-bond donors (Lipinski definition) is 2. The van der Waals surface area contributed by atoms with Crippen LogP contribution < -0.4 is 15.5 Å². The molecule has 2 amide bonds. The van der Waals surface area contributed by atoms with E-state index in [0.29, 0.717) is 41.4 Å². The Balaban J connectivity index is 1.23. The van der Waals surface area contributed by atoms with Gasteiger partial charge in [-0.3, -0.25) is 9.59 Å². The molecule has 3 heterocycles. The van der Waals surface area contributed by atoms with Crippen molar-refractivity contribution in [1.29, 1.82) is 0 Å². The van der Waals surface area contributed by atoms with E-state index in [9.17, 15) is 9.59 Å². The zero-order valence-corrected chi connectivity index (χ0v) is 23.1. The first-order valence-electron chi connectivity index (χ1n) is 13.9. The van der Waals surface area contributed by atoms with E-state index in [0.717, 1.165) is 88.4 Å². The zero-order chi connectivity index (χ0) is 26.5. The molecule has 38 heavy (non-hydrogen) atoms. The Bertz CT molecular complexity index is 1130. The summed E-state index contributed by atoms with van der Waals surface area (Å²) in [5.41, 5.74) is 2.47. The third-order valence-corrected chi connectivity index (χ3v) is 8.10. The van der Waals surface area contributed by atoms with E-state index >= 15 is 0 Å². The lowest BCUT2D eigenvalue weighted by Crippen LogP contribution is -2.39. The molecule has 3 aliphatic rings. The molecule has 2 aliphatic heterocycles. The van der Waals surface area contributed by atoms with Crippen molar-refractivity contribution in [2.75, 3.05) is 56.5 Å². The summed E-state index contributed by atoms with van der Waals surface area (Å²) < 4.78 is 0. The lowest BCUT2D eigenvalue weighted by atomic mass is 9.92. The number of piperidine rings is 1. The minimum Gasteiger partial charge on any atom is -0.378 e. The summed E-state index contributed by atoms with van der Waals surface area (Å²) in [7, 11) is 2.13. The average molecular weight is 539 g/mol. The molecule has 0 radical (unpaired) electrons. The van der Waals surface area contributed by atoms with Crippen LogP contribution in [-0.2, 0) is 11.3 Å². The first-order valence-corrected chi connectivity index (χ1v) is 14.3. The normalized spacial score (nSPS) is 19.2. The van der Waals surface area contributed by atoms with Crippen LogP contribution in [0.15, 0.2) is 36.5 Å². The quantitative estimate of drug-likeness (QED) is 0.528. The number of nitrogens with one attached hydrogen (secondary N) is 2. The highest BCUT2D eigenvalue weighted by Gasteiger charge is 2.28. The Labute approximate surface area is 230 Å². The van der Waals surface area contributed by atoms with Gasteiger partial charge < -0.3 is 25.3 Å². The molecule has 1 saturated carbocycles. The number of aromatic nitrogens is 1. The van der Waals surface area contributed by atoms with E-state index in [1.165, 1.54) is 0 Å². The van der Waals surface area contributed by atoms with Crippen LogP contribution in [0.1, 0.15) is 54.4 Å². The summed E-state index contributed by atoms with van der Waals surface area (Å²) in [5, 5.41) is 7.26. The Morgan fingerprint density at radius 3 is 2.61 bits per heavy atom. The van der Waals surface area contributed by atoms with Gasteiger partial charge in [0.25, 0.3) is 5.91 Å². The van der Waals surface area contributed by atoms with Crippen LogP contribution in [0.5, 0.6) is 0 Å². The fourth-order valence-corrected chi connectivity index (χ4v) is 5.54. The highest BCUT2D eigenvalue weighted by Crippen LogP contribution is 2.31. The van der Waals surface area contributed by atoms with Gasteiger partial charge in [-0.25, -0.2) is 4.98 Å². The average Bonchev–Trinajstić information content (AvgIpc) is 3.75. The van der Waals surface area contributed by atoms with Crippen molar-refractivity contribution in [3.05, 3.63) is 52.7 Å². The van der Waals surface area contributed by atoms with Crippen molar-refractivity contribution in [1.82, 2.24) is 20.1 Å². The van der Waals surface area contributed by atoms with E-state index in [2.05, 4.69) is 32.4 Å². The number of carbonyl (C=O) groups is 2. The van der Waals surface area contributed by atoms with Crippen LogP contribution in [0.25, 0.3) is 0 Å². The van der Waals surface area contributed by atoms with Gasteiger partial charge in [0.05, 0.1) is 11.3 Å². The minimum absolute atomic E-state index is 0.0747. The molecule has 5 rings (SSSR count). The summed E-state index contributed by atoms with van der Waals surface area (Å²) in [6.45, 7) is 5.98. The fraction of sp³-hybridized carbons (Fsp3) is 0.552. The molecule has 1 aromatic carbocycles. The second-order valence-electron chi connectivity index (χ2n) is 11.0. The molecule has 1 aromatic heterocycles. The van der Waals surface area contributed by atoms with Crippen molar-refractivity contribution < 1.29 is 9.59 Å². The third kappa shape index (κ3) is 7.17. The summed E-state index contributed by atoms with van der Waals surface area (Å²) >= 11 is 6.18. The number of rotatable bonds is 8. The van der Waals surface area contributed by atoms with Crippen LogP contribution >= 0.6 is 11.6 Å². The maximum atomic E-state index is 13.0. The Morgan fingerprint density at radius 1 is 1.03 bits per heavy atom. The number of anilines is 2. The molecule has 204 valence electrons. The largest absolute Gasteiger partial charge is 0.378 e. The van der Waals surface area contributed by atoms with Crippen LogP contribution in [0.2, 0.25) is 5.02 Å². The number of benzene rings is 1. The van der Waals surface area contributed by atoms with Gasteiger partial charge in [-0.1, -0.05) is 23.7 Å². The number of nitrogens with zero attached hydrogens (tertiary/aromatic N) is 4. The predicted octanol–water partition coefficient (Wildman–Crippen LogP) is 4.01. The fourth-order valence-electron chi connectivity index (χ4n) is 5.33. The minimum atomic E-state index is -0.0747. The second-order valence-corrected chi connectivity index (χ2v) is 11.4. The van der Waals surface area contributed by atoms with Crippen LogP contribution in [0.4, 0.5) is 11.5 Å². The summed E-state index contributed by atoms with van der Waals surface area (Å²) in [6, 6.07) is 9.98. The molecule has 2 saturated heterocycles. The zero-order valence-electron chi connectivity index (χ0n) is 22.3. The van der Waals surface area contributed by atoms with Crippen molar-refractivity contribution in [2.45, 2.75) is 51.1 Å². The van der Waals surface area contributed by atoms with Crippen LogP contribution in [0.3, 0.4) is 0 Å². The van der Waals surface area contributed by atoms with Gasteiger partial charge in [-0.05, 0) is 75.4 Å². The Hall–Kier alpha value is -2.84. The monoisotopic (exact) mass is 538 g/mol. The second kappa shape index (κ2) is 12.3. The Morgan fingerprint density at radius 2 is 1.84 bits per heavy atom. The molecule has 3 fully saturated rings. The van der Waals surface area contributed by atoms with E-state index in [-0.39, 0.29) is 5.91 Å². The number of halogens is 1. The van der Waals surface area contributed by atoms with Gasteiger partial charge in [-0.15, -0.1) is 0 Å². The standard InChI is InChI=1S/C29H39ClN6O2/c1-34-10-3-11-35(15-14-34)27(37)17-21-8-12-36(13-9-21)28-26(31-19-22-4-2-5-24(30)16-22)18-23(20-32-28)29(38)33-25-6-7-25/h2,4-5,16,18,20-21,25,31H,3,6-15,17,19H2,1H3,(H,33,38). The van der Waals surface area contributed by atoms with Crippen LogP contribution in [0, 0.1) is 5.92 Å². The van der Waals surface area contributed by atoms with Gasteiger partial charge in [0.2, 0.25) is 5.91 Å². The smallest absolute Gasteiger partial charge is 0.253 e. The number of hydrogen-bond acceptors (Lipinski definition) is 6. The SMILES string of the molecule is CN1CCCN(C(=O)CC2CCN(c3ncc(C(=O)NC4CC4)cc3NCc3cccc(Cl)c3)CC2)CC1. The number of likely N-dealkylation sites (N-methyl/N-ethyl adjacent to an activating group) is 1. The third-order valence-electron chi connectivity index (χ3n) is 7.86. The van der Waals surface area contributed by atoms with Gasteiger partial charge in [0, 0.05) is 63.0 Å². The first kappa shape index (κ1) is 26.8. The van der Waals surface area contributed by atoms with E-state index in [1.54, 1.807) is 6.20 Å². The molecule has 8 nitrogen and oxygen atoms in total. The number of carbonyl (C=O) groups excluding carboxylic acids is 2. The molecule has 2 N–H and O–H groups in total. The lowest BCUT2D eigenvalue weighted by Gasteiger charge is -2.34. The van der Waals surface area contributed by atoms with Crippen molar-refractivity contribution >= 4 is 34.9 Å². The topological polar surface area (TPSA) is 80.8 Å². The molecular formula is C29H39ClN6O2. The van der Waals surface area contributed by atoms with E-state index in [4.69, 9.17) is 16.6 Å². The maximum absolute atomic E-state index is 13.0. The van der Waals surface area contributed by atoms with Gasteiger partial charge in [-0.2, -0.15) is 0 Å². The van der Waals surface area contributed by atoms with Gasteiger partial charge in [0.15, 0.2) is 5.82 Å². The van der Waals surface area contributed by atoms with Crippen molar-refractivity contribution in [2.24, 2.45) is 5.92 Å². The summed E-state index contributed by atoms with van der Waals surface area (Å²) in [4.78, 5) is 37.1. The van der Waals surface area contributed by atoms with Crippen LogP contribution in [-0.4, -0.2) is 79.0 Å². The number of amides is 2. The van der Waals surface area contributed by atoms with Gasteiger partial charge >= 0.3 is 0 Å². The molecule has 0 spiro atoms. The Kier molecular flexibility index (Phi) is 8.69. The molecule has 9 heteroatoms. The highest BCUT2D eigenvalue weighted by molar-refractivity contribution is 6.30.